The van der Waals surface area contributed by atoms with Crippen LogP contribution in [0.1, 0.15) is 64.9 Å². The van der Waals surface area contributed by atoms with E-state index in [1.807, 2.05) is 6.07 Å². The van der Waals surface area contributed by atoms with Gasteiger partial charge in [0.05, 0.1) is 0 Å². The lowest BCUT2D eigenvalue weighted by Crippen LogP contribution is -1.86. The van der Waals surface area contributed by atoms with E-state index in [0.717, 1.165) is 0 Å². The second-order valence-corrected chi connectivity index (χ2v) is 5.85. The van der Waals surface area contributed by atoms with Crippen molar-refractivity contribution in [1.29, 1.82) is 0 Å². The van der Waals surface area contributed by atoms with E-state index in [9.17, 15) is 0 Å². The fourth-order valence-corrected chi connectivity index (χ4v) is 2.19. The molecule has 0 atom stereocenters. The van der Waals surface area contributed by atoms with Crippen LogP contribution < -0.4 is 0 Å². The van der Waals surface area contributed by atoms with Gasteiger partial charge in [0.2, 0.25) is 0 Å². The first-order chi connectivity index (χ1) is 10.2. The Morgan fingerprint density at radius 3 is 1.57 bits per heavy atom. The van der Waals surface area contributed by atoms with Crippen LogP contribution in [0.4, 0.5) is 0 Å². The van der Waals surface area contributed by atoms with Gasteiger partial charge in [-0.05, 0) is 22.6 Å². The summed E-state index contributed by atoms with van der Waals surface area (Å²) in [6.07, 6.45) is 5.54. The quantitative estimate of drug-likeness (QED) is 0.515. The Kier molecular flexibility index (Phi) is 8.50. The average molecular weight is 282 g/mol. The van der Waals surface area contributed by atoms with Gasteiger partial charge in [-0.25, -0.2) is 0 Å². The van der Waals surface area contributed by atoms with Crippen molar-refractivity contribution in [2.75, 3.05) is 0 Å². The molecule has 2 aromatic carbocycles. The number of rotatable bonds is 5. The van der Waals surface area contributed by atoms with Gasteiger partial charge in [0.1, 0.15) is 0 Å². The smallest absolute Gasteiger partial charge is 0.0184 e. The molecular weight excluding hydrogens is 252 g/mol. The summed E-state index contributed by atoms with van der Waals surface area (Å²) in [5.41, 5.74) is 3.97. The van der Waals surface area contributed by atoms with Crippen LogP contribution in [0, 0.1) is 0 Å². The second kappa shape index (κ2) is 10.2. The summed E-state index contributed by atoms with van der Waals surface area (Å²) in [6.45, 7) is 8.90. The van der Waals surface area contributed by atoms with Crippen LogP contribution in [-0.4, -0.2) is 0 Å². The molecule has 0 heteroatoms. The number of hydrogen-bond acceptors (Lipinski definition) is 0. The Morgan fingerprint density at radius 1 is 0.667 bits per heavy atom. The molecule has 0 fully saturated rings. The fourth-order valence-electron chi connectivity index (χ4n) is 2.19. The molecule has 0 radical (unpaired) electrons. The van der Waals surface area contributed by atoms with Gasteiger partial charge in [0.25, 0.3) is 0 Å². The minimum Gasteiger partial charge on any atom is -0.0654 e. The zero-order valence-corrected chi connectivity index (χ0v) is 14.1. The van der Waals surface area contributed by atoms with Crippen molar-refractivity contribution in [2.45, 2.75) is 59.3 Å². The molecule has 0 bridgehead atoms. The summed E-state index contributed by atoms with van der Waals surface area (Å²) in [7, 11) is 0. The molecule has 0 spiro atoms. The maximum Gasteiger partial charge on any atom is -0.0184 e. The molecule has 21 heavy (non-hydrogen) atoms. The van der Waals surface area contributed by atoms with Crippen LogP contribution >= 0.6 is 0 Å². The zero-order chi connectivity index (χ0) is 15.5. The van der Waals surface area contributed by atoms with Crippen molar-refractivity contribution in [1.82, 2.24) is 0 Å². The predicted molar refractivity (Wildman–Crippen MR) is 95.8 cm³/mol. The third-order valence-corrected chi connectivity index (χ3v) is 3.64. The molecule has 0 N–H and O–H groups in total. The molecule has 0 aromatic heterocycles. The van der Waals surface area contributed by atoms with Crippen molar-refractivity contribution in [3.05, 3.63) is 60.2 Å². The molecule has 2 rings (SSSR count). The van der Waals surface area contributed by atoms with Gasteiger partial charge < -0.3 is 0 Å². The van der Waals surface area contributed by atoms with Gasteiger partial charge >= 0.3 is 0 Å². The zero-order valence-electron chi connectivity index (χ0n) is 14.1. The summed E-state index contributed by atoms with van der Waals surface area (Å²) in [5, 5.41) is 0. The SMILES string of the molecule is CC(C)c1ccc(-c2ccccc2)cc1.CCCCCC. The maximum absolute atomic E-state index is 2.23. The van der Waals surface area contributed by atoms with Gasteiger partial charge in [-0.3, -0.25) is 0 Å². The van der Waals surface area contributed by atoms with Crippen LogP contribution in [0.3, 0.4) is 0 Å². The molecule has 0 aliphatic carbocycles. The van der Waals surface area contributed by atoms with Crippen LogP contribution in [-0.2, 0) is 0 Å². The molecule has 0 aliphatic rings. The first-order valence-electron chi connectivity index (χ1n) is 8.34. The van der Waals surface area contributed by atoms with Crippen LogP contribution in [0.2, 0.25) is 0 Å². The third kappa shape index (κ3) is 6.62. The van der Waals surface area contributed by atoms with Gasteiger partial charge in [-0.15, -0.1) is 0 Å². The molecule has 0 amide bonds. The van der Waals surface area contributed by atoms with Gasteiger partial charge in [0, 0.05) is 0 Å². The summed E-state index contributed by atoms with van der Waals surface area (Å²) in [6, 6.07) is 19.3. The van der Waals surface area contributed by atoms with Crippen LogP contribution in [0.5, 0.6) is 0 Å². The third-order valence-electron chi connectivity index (χ3n) is 3.64. The Balaban J connectivity index is 0.000000315. The fraction of sp³-hybridized carbons (Fsp3) is 0.429. The second-order valence-electron chi connectivity index (χ2n) is 5.85. The van der Waals surface area contributed by atoms with Crippen LogP contribution in [0.25, 0.3) is 11.1 Å². The van der Waals surface area contributed by atoms with E-state index in [2.05, 4.69) is 76.2 Å². The Labute approximate surface area is 131 Å². The monoisotopic (exact) mass is 282 g/mol. The van der Waals surface area contributed by atoms with Gasteiger partial charge in [0.15, 0.2) is 0 Å². The first kappa shape index (κ1) is 17.5. The van der Waals surface area contributed by atoms with E-state index < -0.39 is 0 Å². The van der Waals surface area contributed by atoms with Crippen molar-refractivity contribution in [3.8, 4) is 11.1 Å². The average Bonchev–Trinajstić information content (AvgIpc) is 2.54. The van der Waals surface area contributed by atoms with Gasteiger partial charge in [-0.1, -0.05) is 108 Å². The molecule has 0 heterocycles. The summed E-state index contributed by atoms with van der Waals surface area (Å²) >= 11 is 0. The Bertz CT molecular complexity index is 461. The highest BCUT2D eigenvalue weighted by molar-refractivity contribution is 5.63. The van der Waals surface area contributed by atoms with E-state index in [4.69, 9.17) is 0 Å². The van der Waals surface area contributed by atoms with E-state index in [0.29, 0.717) is 5.92 Å². The highest BCUT2D eigenvalue weighted by Crippen LogP contribution is 2.22. The lowest BCUT2D eigenvalue weighted by atomic mass is 9.99. The molecule has 0 saturated carbocycles. The Hall–Kier alpha value is -1.56. The minimum atomic E-state index is 0.606. The standard InChI is InChI=1S/C15H16.C6H14/c1-12(2)13-8-10-15(11-9-13)14-6-4-3-5-7-14;1-3-5-6-4-2/h3-12H,1-2H3;3-6H2,1-2H3. The number of unbranched alkanes of at least 4 members (excludes halogenated alkanes) is 3. The highest BCUT2D eigenvalue weighted by atomic mass is 14.0. The number of benzene rings is 2. The minimum absolute atomic E-state index is 0.606. The summed E-state index contributed by atoms with van der Waals surface area (Å²) in [5.74, 6) is 0.606. The normalized spacial score (nSPS) is 10.1. The predicted octanol–water partition coefficient (Wildman–Crippen LogP) is 7.06. The summed E-state index contributed by atoms with van der Waals surface area (Å²) < 4.78 is 0. The molecular formula is C21H30. The van der Waals surface area contributed by atoms with Crippen molar-refractivity contribution in [3.63, 3.8) is 0 Å². The molecule has 0 saturated heterocycles. The van der Waals surface area contributed by atoms with Crippen molar-refractivity contribution < 1.29 is 0 Å². The van der Waals surface area contributed by atoms with E-state index >= 15 is 0 Å². The van der Waals surface area contributed by atoms with Crippen molar-refractivity contribution in [2.24, 2.45) is 0 Å². The first-order valence-corrected chi connectivity index (χ1v) is 8.34. The largest absolute Gasteiger partial charge is 0.0654 e. The maximum atomic E-state index is 2.23. The Morgan fingerprint density at radius 2 is 1.14 bits per heavy atom. The molecule has 0 aliphatic heterocycles. The van der Waals surface area contributed by atoms with E-state index in [1.54, 1.807) is 0 Å². The topological polar surface area (TPSA) is 0 Å². The number of hydrogen-bond donors (Lipinski definition) is 0. The van der Waals surface area contributed by atoms with Crippen molar-refractivity contribution >= 4 is 0 Å². The van der Waals surface area contributed by atoms with E-state index in [1.165, 1.54) is 42.4 Å². The molecule has 0 nitrogen and oxygen atoms in total. The highest BCUT2D eigenvalue weighted by Gasteiger charge is 1.99. The molecule has 0 unspecified atom stereocenters. The van der Waals surface area contributed by atoms with E-state index in [-0.39, 0.29) is 0 Å². The van der Waals surface area contributed by atoms with Gasteiger partial charge in [-0.2, -0.15) is 0 Å². The summed E-state index contributed by atoms with van der Waals surface area (Å²) in [4.78, 5) is 0. The lowest BCUT2D eigenvalue weighted by Gasteiger charge is -2.06. The molecule has 2 aromatic rings. The van der Waals surface area contributed by atoms with Crippen LogP contribution in [0.15, 0.2) is 54.6 Å². The lowest BCUT2D eigenvalue weighted by molar-refractivity contribution is 0.702. The molecule has 114 valence electrons.